The van der Waals surface area contributed by atoms with Gasteiger partial charge in [-0.1, -0.05) is 27.0 Å². The van der Waals surface area contributed by atoms with Gasteiger partial charge in [-0.3, -0.25) is 0 Å². The maximum atomic E-state index is 11.5. The van der Waals surface area contributed by atoms with Crippen molar-refractivity contribution in [2.24, 2.45) is 0 Å². The number of carbonyl (C=O) groups is 2. The minimum absolute atomic E-state index is 0.0999. The maximum absolute atomic E-state index is 11.5. The topological polar surface area (TPSA) is 89.5 Å². The molecule has 2 unspecified atom stereocenters. The molecule has 236 valence electrons. The zero-order valence-corrected chi connectivity index (χ0v) is 31.3. The van der Waals surface area contributed by atoms with Crippen molar-refractivity contribution in [3.63, 3.8) is 0 Å². The molecule has 2 rings (SSSR count). The number of carbonyl (C=O) groups excluding carboxylic acids is 2. The summed E-state index contributed by atoms with van der Waals surface area (Å²) >= 11 is 14.6. The molecule has 8 nitrogen and oxygen atoms in total. The van der Waals surface area contributed by atoms with Crippen LogP contribution < -0.4 is 9.47 Å². The monoisotopic (exact) mass is 852 g/mol. The van der Waals surface area contributed by atoms with E-state index in [0.717, 1.165) is 29.0 Å². The summed E-state index contributed by atoms with van der Waals surface area (Å²) in [6, 6.07) is 8.02. The van der Waals surface area contributed by atoms with E-state index in [1.807, 2.05) is 24.3 Å². The summed E-state index contributed by atoms with van der Waals surface area (Å²) in [7, 11) is 0. The molecule has 0 heterocycles. The number of ether oxygens (including phenoxy) is 6. The van der Waals surface area contributed by atoms with Gasteiger partial charge in [0.2, 0.25) is 0 Å². The summed E-state index contributed by atoms with van der Waals surface area (Å²) in [5.41, 5.74) is 2.29. The van der Waals surface area contributed by atoms with Crippen molar-refractivity contribution in [3.05, 3.63) is 77.6 Å². The first-order valence-corrected chi connectivity index (χ1v) is 16.4. The highest BCUT2D eigenvalue weighted by Crippen LogP contribution is 2.44. The first kappa shape index (κ1) is 37.5. The van der Waals surface area contributed by atoms with Gasteiger partial charge in [-0.15, -0.1) is 0 Å². The van der Waals surface area contributed by atoms with Gasteiger partial charge in [-0.25, -0.2) is 9.59 Å². The molecular formula is C31H36Br4O8. The van der Waals surface area contributed by atoms with E-state index in [1.165, 1.54) is 0 Å². The molecule has 0 N–H and O–H groups in total. The average Bonchev–Trinajstić information content (AvgIpc) is 2.92. The van der Waals surface area contributed by atoms with Crippen LogP contribution in [0.1, 0.15) is 52.7 Å². The highest BCUT2D eigenvalue weighted by atomic mass is 79.9. The molecule has 0 bridgehead atoms. The van der Waals surface area contributed by atoms with E-state index in [2.05, 4.69) is 90.7 Å². The molecule has 2 atom stereocenters. The van der Waals surface area contributed by atoms with Gasteiger partial charge in [-0.2, -0.15) is 0 Å². The summed E-state index contributed by atoms with van der Waals surface area (Å²) < 4.78 is 36.4. The number of hydrogen-bond acceptors (Lipinski definition) is 8. The lowest BCUT2D eigenvalue weighted by atomic mass is 9.78. The van der Waals surface area contributed by atoms with E-state index in [9.17, 15) is 9.59 Å². The lowest BCUT2D eigenvalue weighted by Crippen LogP contribution is -2.22. The lowest BCUT2D eigenvalue weighted by molar-refractivity contribution is -0.144. The molecular weight excluding hydrogens is 820 g/mol. The Balaban J connectivity index is 2.09. The molecule has 0 saturated carbocycles. The average molecular weight is 856 g/mol. The quantitative estimate of drug-likeness (QED) is 0.0717. The summed E-state index contributed by atoms with van der Waals surface area (Å²) in [6.07, 6.45) is -1.18. The Morgan fingerprint density at radius 3 is 1.26 bits per heavy atom. The molecule has 2 aromatic rings. The summed E-state index contributed by atoms with van der Waals surface area (Å²) in [5, 5.41) is 0. The summed E-state index contributed by atoms with van der Waals surface area (Å²) in [6.45, 7) is 18.6. The third-order valence-corrected chi connectivity index (χ3v) is 8.40. The highest BCUT2D eigenvalue weighted by Gasteiger charge is 2.28. The lowest BCUT2D eigenvalue weighted by Gasteiger charge is -2.29. The fourth-order valence-corrected chi connectivity index (χ4v) is 6.32. The molecule has 0 aromatic heterocycles. The first-order valence-electron chi connectivity index (χ1n) is 13.2. The van der Waals surface area contributed by atoms with E-state index in [-0.39, 0.29) is 26.4 Å². The summed E-state index contributed by atoms with van der Waals surface area (Å²) in [4.78, 5) is 23.0. The number of hydrogen-bond donors (Lipinski definition) is 0. The number of halogens is 4. The van der Waals surface area contributed by atoms with Crippen LogP contribution in [-0.4, -0.2) is 50.9 Å². The van der Waals surface area contributed by atoms with E-state index in [4.69, 9.17) is 28.4 Å². The Kier molecular flexibility index (Phi) is 14.9. The maximum Gasteiger partial charge on any atom is 0.333 e. The van der Waals surface area contributed by atoms with Crippen LogP contribution in [0.4, 0.5) is 0 Å². The first-order chi connectivity index (χ1) is 20.0. The smallest absolute Gasteiger partial charge is 0.333 e. The van der Waals surface area contributed by atoms with Gasteiger partial charge in [0.1, 0.15) is 13.2 Å². The van der Waals surface area contributed by atoms with E-state index in [0.29, 0.717) is 22.6 Å². The van der Waals surface area contributed by atoms with Crippen molar-refractivity contribution in [3.8, 4) is 11.5 Å². The van der Waals surface area contributed by atoms with Crippen LogP contribution in [0.3, 0.4) is 0 Å². The second kappa shape index (κ2) is 17.1. The molecule has 0 aliphatic carbocycles. The van der Waals surface area contributed by atoms with Crippen molar-refractivity contribution in [1.29, 1.82) is 0 Å². The van der Waals surface area contributed by atoms with Gasteiger partial charge in [0.25, 0.3) is 0 Å². The second-order valence-electron chi connectivity index (χ2n) is 10.1. The molecule has 0 aliphatic heterocycles. The molecule has 43 heavy (non-hydrogen) atoms. The van der Waals surface area contributed by atoms with Gasteiger partial charge >= 0.3 is 11.9 Å². The SMILES string of the molecule is C=C(C)C(=O)OCCOC(C)Oc1c(Br)cc(C(C)(C)c2cc(Br)c(OC(C)OCCOC(=O)C(=C)C)c(Br)c2)cc1Br. The predicted molar refractivity (Wildman–Crippen MR) is 179 cm³/mol. The van der Waals surface area contributed by atoms with Gasteiger partial charge in [-0.05, 0) is 127 Å². The van der Waals surface area contributed by atoms with Crippen molar-refractivity contribution < 1.29 is 38.0 Å². The second-order valence-corrected chi connectivity index (χ2v) is 13.5. The van der Waals surface area contributed by atoms with Crippen LogP contribution in [0, 0.1) is 0 Å². The Labute approximate surface area is 287 Å². The molecule has 0 aliphatic rings. The van der Waals surface area contributed by atoms with Crippen LogP contribution >= 0.6 is 63.7 Å². The highest BCUT2D eigenvalue weighted by molar-refractivity contribution is 9.11. The van der Waals surface area contributed by atoms with E-state index < -0.39 is 29.9 Å². The molecule has 0 radical (unpaired) electrons. The fourth-order valence-electron chi connectivity index (χ4n) is 3.58. The van der Waals surface area contributed by atoms with Gasteiger partial charge in [0.15, 0.2) is 24.1 Å². The molecule has 0 amide bonds. The molecule has 0 spiro atoms. The Morgan fingerprint density at radius 2 is 0.977 bits per heavy atom. The van der Waals surface area contributed by atoms with Gasteiger partial charge in [0, 0.05) is 16.6 Å². The normalized spacial score (nSPS) is 12.7. The third-order valence-electron chi connectivity index (χ3n) is 6.04. The van der Waals surface area contributed by atoms with Crippen LogP contribution in [0.5, 0.6) is 11.5 Å². The van der Waals surface area contributed by atoms with E-state index in [1.54, 1.807) is 27.7 Å². The Hall–Kier alpha value is -1.70. The zero-order valence-electron chi connectivity index (χ0n) is 25.0. The van der Waals surface area contributed by atoms with Crippen LogP contribution in [-0.2, 0) is 34.0 Å². The van der Waals surface area contributed by atoms with Crippen LogP contribution in [0.2, 0.25) is 0 Å². The van der Waals surface area contributed by atoms with Crippen molar-refractivity contribution in [1.82, 2.24) is 0 Å². The number of benzene rings is 2. The molecule has 2 aromatic carbocycles. The molecule has 12 heteroatoms. The number of rotatable bonds is 16. The zero-order chi connectivity index (χ0) is 32.5. The molecule has 0 fully saturated rings. The van der Waals surface area contributed by atoms with Crippen LogP contribution in [0.15, 0.2) is 66.5 Å². The van der Waals surface area contributed by atoms with Gasteiger partial charge in [0.05, 0.1) is 31.1 Å². The predicted octanol–water partition coefficient (Wildman–Crippen LogP) is 8.78. The van der Waals surface area contributed by atoms with Crippen molar-refractivity contribution in [2.45, 2.75) is 59.5 Å². The Morgan fingerprint density at radius 1 is 0.674 bits per heavy atom. The van der Waals surface area contributed by atoms with E-state index >= 15 is 0 Å². The van der Waals surface area contributed by atoms with Crippen LogP contribution in [0.25, 0.3) is 0 Å². The van der Waals surface area contributed by atoms with Crippen molar-refractivity contribution in [2.75, 3.05) is 26.4 Å². The standard InChI is InChI=1S/C31H36Br4O8/c1-17(2)29(36)40-11-9-38-19(5)42-27-23(32)13-21(14-24(27)33)31(7,8)22-15-25(34)28(26(35)16-22)43-20(6)39-10-12-41-30(37)18(3)4/h13-16,19-20H,1,3,9-12H2,2,4-8H3. The largest absolute Gasteiger partial charge is 0.463 e. The fraction of sp³-hybridized carbons (Fsp3) is 0.419. The Bertz CT molecular complexity index is 1200. The van der Waals surface area contributed by atoms with Crippen molar-refractivity contribution >= 4 is 75.7 Å². The minimum atomic E-state index is -0.591. The summed E-state index contributed by atoms with van der Waals surface area (Å²) in [5.74, 6) is 0.253. The number of esters is 2. The third kappa shape index (κ3) is 11.3. The molecule has 0 saturated heterocycles. The minimum Gasteiger partial charge on any atom is -0.463 e. The van der Waals surface area contributed by atoms with Gasteiger partial charge < -0.3 is 28.4 Å².